The molecule has 0 spiro atoms. The normalized spacial score (nSPS) is 15.1. The lowest BCUT2D eigenvalue weighted by Crippen LogP contribution is -2.37. The van der Waals surface area contributed by atoms with E-state index in [-0.39, 0.29) is 11.5 Å². The van der Waals surface area contributed by atoms with Crippen LogP contribution in [0.25, 0.3) is 22.0 Å². The molecule has 4 rings (SSSR count). The van der Waals surface area contributed by atoms with Crippen molar-refractivity contribution in [2.75, 3.05) is 32.1 Å². The van der Waals surface area contributed by atoms with Gasteiger partial charge < -0.3 is 15.0 Å². The van der Waals surface area contributed by atoms with Crippen LogP contribution in [0.3, 0.4) is 0 Å². The number of aromatic amines is 1. The van der Waals surface area contributed by atoms with Crippen LogP contribution in [0.5, 0.6) is 0 Å². The number of carbonyl (C=O) groups is 1. The Morgan fingerprint density at radius 3 is 2.70 bits per heavy atom. The molecule has 0 aliphatic carbocycles. The lowest BCUT2D eigenvalue weighted by Gasteiger charge is -2.31. The Kier molecular flexibility index (Phi) is 7.75. The summed E-state index contributed by atoms with van der Waals surface area (Å²) >= 11 is 6.35. The predicted octanol–water partition coefficient (Wildman–Crippen LogP) is 4.46. The van der Waals surface area contributed by atoms with Gasteiger partial charge in [0, 0.05) is 37.6 Å². The number of hydrogen-bond acceptors (Lipinski definition) is 5. The van der Waals surface area contributed by atoms with E-state index >= 15 is 0 Å². The number of carbonyl (C=O) groups excluding carboxylic acids is 1. The van der Waals surface area contributed by atoms with Crippen molar-refractivity contribution < 1.29 is 9.53 Å². The summed E-state index contributed by atoms with van der Waals surface area (Å²) in [6, 6.07) is 12.7. The number of methoxy groups -OCH3 is 1. The maximum absolute atomic E-state index is 12.5. The molecule has 1 aromatic heterocycles. The van der Waals surface area contributed by atoms with E-state index in [4.69, 9.17) is 16.3 Å². The fourth-order valence-corrected chi connectivity index (χ4v) is 4.47. The molecule has 8 heteroatoms. The smallest absolute Gasteiger partial charge is 0.272 e. The zero-order chi connectivity index (χ0) is 23.2. The summed E-state index contributed by atoms with van der Waals surface area (Å²) in [6.07, 6.45) is 4.77. The minimum atomic E-state index is -0.236. The predicted molar refractivity (Wildman–Crippen MR) is 132 cm³/mol. The zero-order valence-electron chi connectivity index (χ0n) is 18.8. The van der Waals surface area contributed by atoms with Crippen molar-refractivity contribution in [2.24, 2.45) is 0 Å². The minimum Gasteiger partial charge on any atom is -0.381 e. The highest BCUT2D eigenvalue weighted by atomic mass is 35.5. The van der Waals surface area contributed by atoms with Crippen molar-refractivity contribution >= 4 is 34.0 Å². The number of fused-ring (bicyclic) bond motifs is 1. The third-order valence-electron chi connectivity index (χ3n) is 6.21. The average Bonchev–Trinajstić information content (AvgIpc) is 2.84. The molecule has 0 atom stereocenters. The zero-order valence-corrected chi connectivity index (χ0v) is 19.5. The molecule has 3 aromatic rings. The number of aromatic nitrogens is 2. The topological polar surface area (TPSA) is 87.3 Å². The fraction of sp³-hybridized carbons (Fsp3) is 0.400. The summed E-state index contributed by atoms with van der Waals surface area (Å²) in [5.41, 5.74) is 1.70. The van der Waals surface area contributed by atoms with Crippen molar-refractivity contribution in [3.8, 4) is 11.3 Å². The Balaban J connectivity index is 1.35. The lowest BCUT2D eigenvalue weighted by atomic mass is 10.0. The summed E-state index contributed by atoms with van der Waals surface area (Å²) < 4.78 is 5.42. The molecule has 0 saturated carbocycles. The van der Waals surface area contributed by atoms with Gasteiger partial charge in [0.1, 0.15) is 0 Å². The first-order valence-corrected chi connectivity index (χ1v) is 11.8. The molecule has 2 N–H and O–H groups in total. The standard InChI is InChI=1S/C25H29ClN4O3/c1-33-18-11-14-30(15-12-18)13-5-4-8-23(31)27-22-16-17(9-10-21(22)26)24-19-6-2-3-7-20(19)25(32)29-28-24/h2-3,6-7,9-10,16,18H,4-5,8,11-15H2,1H3,(H,27,31)(H,29,32). The van der Waals surface area contributed by atoms with Gasteiger partial charge in [-0.3, -0.25) is 9.59 Å². The molecular formula is C25H29ClN4O3. The van der Waals surface area contributed by atoms with E-state index in [2.05, 4.69) is 20.4 Å². The van der Waals surface area contributed by atoms with Crippen molar-refractivity contribution in [1.29, 1.82) is 0 Å². The van der Waals surface area contributed by atoms with Gasteiger partial charge in [0.25, 0.3) is 5.56 Å². The minimum absolute atomic E-state index is 0.0635. The fourth-order valence-electron chi connectivity index (χ4n) is 4.31. The van der Waals surface area contributed by atoms with Crippen molar-refractivity contribution in [3.05, 3.63) is 57.8 Å². The number of benzene rings is 2. The second kappa shape index (κ2) is 10.9. The maximum atomic E-state index is 12.5. The summed E-state index contributed by atoms with van der Waals surface area (Å²) in [6.45, 7) is 3.12. The van der Waals surface area contributed by atoms with Gasteiger partial charge in [-0.25, -0.2) is 5.10 Å². The van der Waals surface area contributed by atoms with Crippen LogP contribution in [0.4, 0.5) is 5.69 Å². The maximum Gasteiger partial charge on any atom is 0.272 e. The second-order valence-corrected chi connectivity index (χ2v) is 8.83. The van der Waals surface area contributed by atoms with Crippen LogP contribution in [0, 0.1) is 0 Å². The molecule has 7 nitrogen and oxygen atoms in total. The van der Waals surface area contributed by atoms with E-state index in [9.17, 15) is 9.59 Å². The molecule has 0 bridgehead atoms. The van der Waals surface area contributed by atoms with Crippen LogP contribution in [0.1, 0.15) is 32.1 Å². The number of piperidine rings is 1. The SMILES string of the molecule is COC1CCN(CCCCC(=O)Nc2cc(-c3n[nH]c(=O)c4ccccc34)ccc2Cl)CC1. The van der Waals surface area contributed by atoms with Gasteiger partial charge in [-0.1, -0.05) is 35.9 Å². The van der Waals surface area contributed by atoms with Crippen molar-refractivity contribution in [2.45, 2.75) is 38.2 Å². The quantitative estimate of drug-likeness (QED) is 0.476. The van der Waals surface area contributed by atoms with Gasteiger partial charge in [0.15, 0.2) is 0 Å². The number of halogens is 1. The number of amides is 1. The van der Waals surface area contributed by atoms with E-state index in [0.717, 1.165) is 56.3 Å². The first-order valence-electron chi connectivity index (χ1n) is 11.4. The third kappa shape index (κ3) is 5.79. The average molecular weight is 469 g/mol. The number of rotatable bonds is 8. The first-order chi connectivity index (χ1) is 16.0. The highest BCUT2D eigenvalue weighted by molar-refractivity contribution is 6.33. The summed E-state index contributed by atoms with van der Waals surface area (Å²) in [5.74, 6) is -0.0635. The van der Waals surface area contributed by atoms with Crippen LogP contribution >= 0.6 is 11.6 Å². The van der Waals surface area contributed by atoms with Crippen LogP contribution in [0.2, 0.25) is 5.02 Å². The Bertz CT molecular complexity index is 1170. The van der Waals surface area contributed by atoms with Crippen molar-refractivity contribution in [3.63, 3.8) is 0 Å². The monoisotopic (exact) mass is 468 g/mol. The van der Waals surface area contributed by atoms with E-state index in [1.54, 1.807) is 25.3 Å². The highest BCUT2D eigenvalue weighted by Gasteiger charge is 2.18. The highest BCUT2D eigenvalue weighted by Crippen LogP contribution is 2.31. The molecule has 1 fully saturated rings. The molecule has 2 heterocycles. The van der Waals surface area contributed by atoms with Crippen LogP contribution in [-0.4, -0.2) is 53.9 Å². The van der Waals surface area contributed by atoms with E-state index < -0.39 is 0 Å². The number of likely N-dealkylation sites (tertiary alicyclic amines) is 1. The Morgan fingerprint density at radius 1 is 1.18 bits per heavy atom. The van der Waals surface area contributed by atoms with Crippen molar-refractivity contribution in [1.82, 2.24) is 15.1 Å². The van der Waals surface area contributed by atoms with Gasteiger partial charge in [0.2, 0.25) is 5.91 Å². The summed E-state index contributed by atoms with van der Waals surface area (Å²) in [7, 11) is 1.78. The van der Waals surface area contributed by atoms with Gasteiger partial charge in [0.05, 0.1) is 27.9 Å². The summed E-state index contributed by atoms with van der Waals surface area (Å²) in [4.78, 5) is 27.1. The summed E-state index contributed by atoms with van der Waals surface area (Å²) in [5, 5.41) is 11.5. The van der Waals surface area contributed by atoms with E-state index in [1.165, 1.54) is 0 Å². The molecule has 1 amide bonds. The number of anilines is 1. The van der Waals surface area contributed by atoms with Gasteiger partial charge in [-0.15, -0.1) is 0 Å². The molecule has 0 radical (unpaired) electrons. The second-order valence-electron chi connectivity index (χ2n) is 8.42. The Morgan fingerprint density at radius 2 is 1.94 bits per heavy atom. The van der Waals surface area contributed by atoms with Gasteiger partial charge in [-0.2, -0.15) is 5.10 Å². The Labute approximate surface area is 198 Å². The van der Waals surface area contributed by atoms with Crippen LogP contribution in [-0.2, 0) is 9.53 Å². The van der Waals surface area contributed by atoms with Gasteiger partial charge in [-0.05, 0) is 50.4 Å². The molecule has 33 heavy (non-hydrogen) atoms. The molecule has 1 aliphatic rings. The molecule has 0 unspecified atom stereocenters. The third-order valence-corrected chi connectivity index (χ3v) is 6.54. The number of hydrogen-bond donors (Lipinski definition) is 2. The van der Waals surface area contributed by atoms with Crippen LogP contribution in [0.15, 0.2) is 47.3 Å². The van der Waals surface area contributed by atoms with Gasteiger partial charge >= 0.3 is 0 Å². The van der Waals surface area contributed by atoms with E-state index in [1.807, 2.05) is 24.3 Å². The van der Waals surface area contributed by atoms with Crippen LogP contribution < -0.4 is 10.9 Å². The number of ether oxygens (including phenoxy) is 1. The molecule has 174 valence electrons. The molecule has 1 aliphatic heterocycles. The lowest BCUT2D eigenvalue weighted by molar-refractivity contribution is -0.116. The molecule has 1 saturated heterocycles. The molecule has 2 aromatic carbocycles. The first kappa shape index (κ1) is 23.4. The molecular weight excluding hydrogens is 440 g/mol. The number of nitrogens with zero attached hydrogens (tertiary/aromatic N) is 2. The Hall–Kier alpha value is -2.74. The largest absolute Gasteiger partial charge is 0.381 e. The number of nitrogens with one attached hydrogen (secondary N) is 2. The van der Waals surface area contributed by atoms with E-state index in [0.29, 0.717) is 34.3 Å². The number of unbranched alkanes of at least 4 members (excludes halogenated alkanes) is 1. The number of H-pyrrole nitrogens is 1.